The van der Waals surface area contributed by atoms with E-state index in [0.29, 0.717) is 6.61 Å². The van der Waals surface area contributed by atoms with E-state index < -0.39 is 0 Å². The van der Waals surface area contributed by atoms with Crippen LogP contribution in [0.2, 0.25) is 0 Å². The Hall–Kier alpha value is -2.56. The summed E-state index contributed by atoms with van der Waals surface area (Å²) in [5.74, 6) is 1.72. The zero-order valence-electron chi connectivity index (χ0n) is 14.5. The van der Waals surface area contributed by atoms with Crippen LogP contribution in [0.4, 0.5) is 0 Å². The summed E-state index contributed by atoms with van der Waals surface area (Å²) in [5.41, 5.74) is 2.32. The molecular weight excluding hydrogens is 300 g/mol. The smallest absolute Gasteiger partial charge is 0.190 e. The Kier molecular flexibility index (Phi) is 7.60. The van der Waals surface area contributed by atoms with E-state index in [2.05, 4.69) is 39.7 Å². The van der Waals surface area contributed by atoms with Crippen LogP contribution in [0.1, 0.15) is 17.7 Å². The summed E-state index contributed by atoms with van der Waals surface area (Å²) in [6, 6.07) is 14.1. The van der Waals surface area contributed by atoms with Gasteiger partial charge in [0.25, 0.3) is 0 Å². The molecule has 2 aromatic rings. The molecule has 0 radical (unpaired) electrons. The minimum Gasteiger partial charge on any atom is -0.494 e. The van der Waals surface area contributed by atoms with Gasteiger partial charge in [-0.05, 0) is 37.6 Å². The van der Waals surface area contributed by atoms with Gasteiger partial charge in [0.1, 0.15) is 5.75 Å². The van der Waals surface area contributed by atoms with Crippen molar-refractivity contribution in [3.05, 3.63) is 59.9 Å². The van der Waals surface area contributed by atoms with Crippen LogP contribution in [0.3, 0.4) is 0 Å². The number of aliphatic imine (C=N–C) groups is 1. The Morgan fingerprint density at radius 3 is 2.58 bits per heavy atom. The van der Waals surface area contributed by atoms with Crippen LogP contribution in [0.5, 0.6) is 5.75 Å². The maximum atomic E-state index is 5.71. The van der Waals surface area contributed by atoms with E-state index >= 15 is 0 Å². The summed E-state index contributed by atoms with van der Waals surface area (Å²) < 4.78 is 5.71. The molecule has 0 fully saturated rings. The number of nitrogens with zero attached hydrogens (tertiary/aromatic N) is 2. The molecule has 5 heteroatoms. The first-order valence-corrected chi connectivity index (χ1v) is 8.32. The van der Waals surface area contributed by atoms with Gasteiger partial charge in [-0.1, -0.05) is 23.8 Å². The molecule has 0 aliphatic heterocycles. The molecule has 1 heterocycles. The predicted molar refractivity (Wildman–Crippen MR) is 98.6 cm³/mol. The van der Waals surface area contributed by atoms with Crippen molar-refractivity contribution in [2.45, 2.75) is 19.8 Å². The van der Waals surface area contributed by atoms with Gasteiger partial charge in [-0.2, -0.15) is 0 Å². The van der Waals surface area contributed by atoms with Crippen molar-refractivity contribution in [2.75, 3.05) is 26.7 Å². The van der Waals surface area contributed by atoms with E-state index in [1.807, 2.05) is 36.5 Å². The van der Waals surface area contributed by atoms with Crippen molar-refractivity contribution in [1.29, 1.82) is 0 Å². The topological polar surface area (TPSA) is 58.5 Å². The summed E-state index contributed by atoms with van der Waals surface area (Å²) in [7, 11) is 1.78. The summed E-state index contributed by atoms with van der Waals surface area (Å²) in [4.78, 5) is 8.52. The summed E-state index contributed by atoms with van der Waals surface area (Å²) in [6.45, 7) is 4.37. The number of aryl methyl sites for hydroxylation is 1. The van der Waals surface area contributed by atoms with Crippen molar-refractivity contribution >= 4 is 5.96 Å². The number of hydrogen-bond donors (Lipinski definition) is 2. The van der Waals surface area contributed by atoms with Crippen LogP contribution in [0.15, 0.2) is 53.7 Å². The second-order valence-electron chi connectivity index (χ2n) is 5.51. The monoisotopic (exact) mass is 326 g/mol. The number of benzene rings is 1. The molecule has 0 aliphatic rings. The largest absolute Gasteiger partial charge is 0.494 e. The summed E-state index contributed by atoms with van der Waals surface area (Å²) in [6.07, 6.45) is 3.60. The maximum absolute atomic E-state index is 5.71. The zero-order chi connectivity index (χ0) is 17.0. The highest BCUT2D eigenvalue weighted by Gasteiger charge is 1.99. The molecule has 0 spiro atoms. The molecule has 0 aliphatic carbocycles. The first-order valence-electron chi connectivity index (χ1n) is 8.32. The highest BCUT2D eigenvalue weighted by Crippen LogP contribution is 2.11. The van der Waals surface area contributed by atoms with Crippen molar-refractivity contribution in [2.24, 2.45) is 4.99 Å². The van der Waals surface area contributed by atoms with Gasteiger partial charge in [0.2, 0.25) is 0 Å². The third-order valence-corrected chi connectivity index (χ3v) is 3.53. The van der Waals surface area contributed by atoms with Crippen LogP contribution < -0.4 is 15.4 Å². The van der Waals surface area contributed by atoms with Gasteiger partial charge in [-0.25, -0.2) is 0 Å². The lowest BCUT2D eigenvalue weighted by Crippen LogP contribution is -2.39. The van der Waals surface area contributed by atoms with E-state index in [4.69, 9.17) is 4.74 Å². The lowest BCUT2D eigenvalue weighted by atomic mass is 10.2. The molecule has 1 aromatic carbocycles. The molecule has 0 saturated heterocycles. The average molecular weight is 326 g/mol. The second-order valence-corrected chi connectivity index (χ2v) is 5.51. The van der Waals surface area contributed by atoms with Crippen LogP contribution >= 0.6 is 0 Å². The number of hydrogen-bond acceptors (Lipinski definition) is 3. The van der Waals surface area contributed by atoms with Crippen LogP contribution in [-0.2, 0) is 6.42 Å². The van der Waals surface area contributed by atoms with E-state index in [-0.39, 0.29) is 0 Å². The van der Waals surface area contributed by atoms with Gasteiger partial charge in [0, 0.05) is 38.4 Å². The molecule has 0 saturated carbocycles. The van der Waals surface area contributed by atoms with Gasteiger partial charge in [-0.3, -0.25) is 9.98 Å². The Morgan fingerprint density at radius 2 is 1.88 bits per heavy atom. The molecule has 24 heavy (non-hydrogen) atoms. The Morgan fingerprint density at radius 1 is 1.08 bits per heavy atom. The second kappa shape index (κ2) is 10.3. The average Bonchev–Trinajstić information content (AvgIpc) is 2.62. The zero-order valence-corrected chi connectivity index (χ0v) is 14.5. The van der Waals surface area contributed by atoms with Gasteiger partial charge in [-0.15, -0.1) is 0 Å². The third-order valence-electron chi connectivity index (χ3n) is 3.53. The maximum Gasteiger partial charge on any atom is 0.190 e. The number of guanidine groups is 1. The molecule has 2 rings (SSSR count). The summed E-state index contributed by atoms with van der Waals surface area (Å²) >= 11 is 0. The molecular formula is C19H26N4O. The minimum absolute atomic E-state index is 0.682. The van der Waals surface area contributed by atoms with Gasteiger partial charge < -0.3 is 15.4 Å². The molecule has 5 nitrogen and oxygen atoms in total. The van der Waals surface area contributed by atoms with Crippen molar-refractivity contribution in [3.8, 4) is 5.75 Å². The lowest BCUT2D eigenvalue weighted by molar-refractivity contribution is 0.311. The van der Waals surface area contributed by atoms with Crippen LogP contribution in [0.25, 0.3) is 0 Å². The third kappa shape index (κ3) is 6.69. The van der Waals surface area contributed by atoms with Gasteiger partial charge >= 0.3 is 0 Å². The fourth-order valence-corrected chi connectivity index (χ4v) is 2.18. The molecule has 0 bridgehead atoms. The molecule has 128 valence electrons. The van der Waals surface area contributed by atoms with Crippen LogP contribution in [0, 0.1) is 6.92 Å². The number of rotatable bonds is 8. The SMILES string of the molecule is CN=C(NCCCOc1ccc(C)cc1)NCCc1ccccn1. The number of pyridine rings is 1. The Bertz CT molecular complexity index is 611. The lowest BCUT2D eigenvalue weighted by Gasteiger charge is -2.12. The normalized spacial score (nSPS) is 11.2. The quantitative estimate of drug-likeness (QED) is 0.445. The highest BCUT2D eigenvalue weighted by molar-refractivity contribution is 5.79. The van der Waals surface area contributed by atoms with E-state index in [0.717, 1.165) is 43.3 Å². The van der Waals surface area contributed by atoms with E-state index in [9.17, 15) is 0 Å². The number of aromatic nitrogens is 1. The molecule has 0 atom stereocenters. The first kappa shape index (κ1) is 17.8. The van der Waals surface area contributed by atoms with Crippen molar-refractivity contribution in [3.63, 3.8) is 0 Å². The Balaban J connectivity index is 1.57. The standard InChI is InChI=1S/C19H26N4O/c1-16-7-9-18(10-8-16)24-15-5-13-22-19(20-2)23-14-11-17-6-3-4-12-21-17/h3-4,6-10,12H,5,11,13-15H2,1-2H3,(H2,20,22,23). The molecule has 0 amide bonds. The number of ether oxygens (including phenoxy) is 1. The Labute approximate surface area is 144 Å². The molecule has 1 aromatic heterocycles. The predicted octanol–water partition coefficient (Wildman–Crippen LogP) is 2.57. The molecule has 0 unspecified atom stereocenters. The molecule has 2 N–H and O–H groups in total. The fourth-order valence-electron chi connectivity index (χ4n) is 2.18. The fraction of sp³-hybridized carbons (Fsp3) is 0.368. The first-order chi connectivity index (χ1) is 11.8. The number of nitrogens with one attached hydrogen (secondary N) is 2. The highest BCUT2D eigenvalue weighted by atomic mass is 16.5. The van der Waals surface area contributed by atoms with E-state index in [1.54, 1.807) is 7.05 Å². The minimum atomic E-state index is 0.682. The van der Waals surface area contributed by atoms with E-state index in [1.165, 1.54) is 5.56 Å². The van der Waals surface area contributed by atoms with Gasteiger partial charge in [0.15, 0.2) is 5.96 Å². The van der Waals surface area contributed by atoms with Gasteiger partial charge in [0.05, 0.1) is 6.61 Å². The van der Waals surface area contributed by atoms with Crippen molar-refractivity contribution < 1.29 is 4.74 Å². The summed E-state index contributed by atoms with van der Waals surface area (Å²) in [5, 5.41) is 6.58. The van der Waals surface area contributed by atoms with Crippen LogP contribution in [-0.4, -0.2) is 37.7 Å². The van der Waals surface area contributed by atoms with Crippen molar-refractivity contribution in [1.82, 2.24) is 15.6 Å².